The average molecular weight is 769 g/mol. The number of hydrogen-bond donors (Lipinski definition) is 5. The molecule has 2 bridgehead atoms. The van der Waals surface area contributed by atoms with Crippen molar-refractivity contribution in [3.8, 4) is 11.5 Å². The van der Waals surface area contributed by atoms with Gasteiger partial charge in [0.2, 0.25) is 23.7 Å². The molecule has 0 radical (unpaired) electrons. The number of nitrogens with zero attached hydrogens (tertiary/aromatic N) is 1. The lowest BCUT2D eigenvalue weighted by molar-refractivity contribution is -0.145. The summed E-state index contributed by atoms with van der Waals surface area (Å²) in [6.45, 7) is 10.8. The van der Waals surface area contributed by atoms with E-state index < -0.39 is 51.8 Å². The number of aliphatic imine (C=N–C) groups is 1. The third-order valence-corrected chi connectivity index (χ3v) is 11.1. The molecular weight excluding hydrogens is 717 g/mol. The summed E-state index contributed by atoms with van der Waals surface area (Å²) in [4.78, 5) is 56.2. The van der Waals surface area contributed by atoms with Crippen molar-refractivity contribution in [3.05, 3.63) is 64.2 Å². The first-order valence-electron chi connectivity index (χ1n) is 17.9. The second-order valence-electron chi connectivity index (χ2n) is 14.2. The Balaban J connectivity index is 1.53. The summed E-state index contributed by atoms with van der Waals surface area (Å²) in [5, 5.41) is 8.01. The molecular formula is C38H52N6O9S. The number of hydrogen-bond acceptors (Lipinski definition) is 10. The molecule has 3 aliphatic rings. The summed E-state index contributed by atoms with van der Waals surface area (Å²) in [6.07, 6.45) is 5.20. The minimum absolute atomic E-state index is 0.0112. The number of nitrogens with one attached hydrogen (secondary N) is 4. The molecule has 294 valence electrons. The maximum Gasteiger partial charge on any atom is 0.328 e. The number of sulfonamides is 1. The quantitative estimate of drug-likeness (QED) is 0.0869. The number of rotatable bonds is 8. The molecule has 3 atom stereocenters. The van der Waals surface area contributed by atoms with Gasteiger partial charge in [-0.15, -0.1) is 0 Å². The van der Waals surface area contributed by atoms with Crippen LogP contribution in [0.4, 0.5) is 0 Å². The van der Waals surface area contributed by atoms with Gasteiger partial charge in [-0.3, -0.25) is 19.4 Å². The number of esters is 1. The van der Waals surface area contributed by atoms with Gasteiger partial charge < -0.3 is 35.9 Å². The van der Waals surface area contributed by atoms with Crippen molar-refractivity contribution in [2.24, 2.45) is 10.7 Å². The van der Waals surface area contributed by atoms with E-state index in [0.29, 0.717) is 29.0 Å². The first kappa shape index (κ1) is 41.6. The average Bonchev–Trinajstić information content (AvgIpc) is 3.10. The van der Waals surface area contributed by atoms with Gasteiger partial charge >= 0.3 is 5.97 Å². The zero-order valence-electron chi connectivity index (χ0n) is 32.0. The topological polar surface area (TPSA) is 217 Å². The number of methoxy groups -OCH3 is 1. The lowest BCUT2D eigenvalue weighted by atomic mass is 9.88. The largest absolute Gasteiger partial charge is 0.490 e. The number of amides is 3. The number of guanidine groups is 1. The molecule has 54 heavy (non-hydrogen) atoms. The van der Waals surface area contributed by atoms with Crippen LogP contribution in [0.15, 0.2) is 46.3 Å². The van der Waals surface area contributed by atoms with Gasteiger partial charge in [0.1, 0.15) is 41.8 Å². The van der Waals surface area contributed by atoms with E-state index in [0.717, 1.165) is 23.1 Å². The van der Waals surface area contributed by atoms with Crippen molar-refractivity contribution in [2.45, 2.75) is 109 Å². The van der Waals surface area contributed by atoms with Crippen molar-refractivity contribution >= 4 is 39.7 Å². The summed E-state index contributed by atoms with van der Waals surface area (Å²) in [7, 11) is -2.94. The minimum Gasteiger partial charge on any atom is -0.490 e. The van der Waals surface area contributed by atoms with Crippen LogP contribution in [-0.4, -0.2) is 82.1 Å². The van der Waals surface area contributed by atoms with Crippen molar-refractivity contribution in [3.63, 3.8) is 0 Å². The molecule has 0 aromatic heterocycles. The highest BCUT2D eigenvalue weighted by Crippen LogP contribution is 2.42. The second kappa shape index (κ2) is 17.8. The lowest BCUT2D eigenvalue weighted by Gasteiger charge is -2.35. The van der Waals surface area contributed by atoms with Crippen LogP contribution in [0.2, 0.25) is 0 Å². The van der Waals surface area contributed by atoms with E-state index in [-0.39, 0.29) is 55.3 Å². The first-order valence-corrected chi connectivity index (χ1v) is 19.4. The van der Waals surface area contributed by atoms with Gasteiger partial charge in [-0.25, -0.2) is 17.9 Å². The Kier molecular flexibility index (Phi) is 13.7. The van der Waals surface area contributed by atoms with E-state index in [2.05, 4.69) is 25.7 Å². The molecule has 16 heteroatoms. The maximum atomic E-state index is 13.7. The van der Waals surface area contributed by atoms with Gasteiger partial charge in [-0.05, 0) is 107 Å². The van der Waals surface area contributed by atoms with Crippen LogP contribution < -0.4 is 35.9 Å². The van der Waals surface area contributed by atoms with E-state index in [4.69, 9.17) is 19.9 Å². The molecule has 6 N–H and O–H groups in total. The predicted molar refractivity (Wildman–Crippen MR) is 203 cm³/mol. The van der Waals surface area contributed by atoms with E-state index >= 15 is 0 Å². The minimum atomic E-state index is -4.14. The Morgan fingerprint density at radius 1 is 1.04 bits per heavy atom. The predicted octanol–water partition coefficient (Wildman–Crippen LogP) is 2.32. The van der Waals surface area contributed by atoms with E-state index in [1.165, 1.54) is 14.0 Å². The number of carbonyl (C=O) groups excluding carboxylic acids is 4. The fourth-order valence-corrected chi connectivity index (χ4v) is 8.02. The van der Waals surface area contributed by atoms with Crippen molar-refractivity contribution in [2.75, 3.05) is 20.3 Å². The van der Waals surface area contributed by atoms with Gasteiger partial charge in [0.15, 0.2) is 0 Å². The molecule has 0 aliphatic carbocycles. The van der Waals surface area contributed by atoms with E-state index in [1.54, 1.807) is 50.3 Å². The number of benzene rings is 2. The molecule has 3 amide bonds. The fraction of sp³-hybridized carbons (Fsp3) is 0.500. The third-order valence-electron chi connectivity index (χ3n) is 9.48. The Morgan fingerprint density at radius 2 is 1.74 bits per heavy atom. The van der Waals surface area contributed by atoms with E-state index in [1.807, 2.05) is 20.8 Å². The molecule has 3 heterocycles. The van der Waals surface area contributed by atoms with Crippen molar-refractivity contribution < 1.29 is 41.8 Å². The summed E-state index contributed by atoms with van der Waals surface area (Å²) in [6, 6.07) is 3.77. The van der Waals surface area contributed by atoms with Gasteiger partial charge in [-0.2, -0.15) is 0 Å². The lowest BCUT2D eigenvalue weighted by Crippen LogP contribution is -2.56. The Hall–Kier alpha value is -5.12. The monoisotopic (exact) mass is 768 g/mol. The normalized spacial score (nSPS) is 20.6. The van der Waals surface area contributed by atoms with Gasteiger partial charge in [0.25, 0.3) is 10.0 Å². The summed E-state index contributed by atoms with van der Waals surface area (Å²) in [5.41, 5.74) is 9.17. The number of nitrogens with two attached hydrogens (primary N) is 1. The van der Waals surface area contributed by atoms with Gasteiger partial charge in [0.05, 0.1) is 12.0 Å². The van der Waals surface area contributed by atoms with Crippen LogP contribution in [0.3, 0.4) is 0 Å². The van der Waals surface area contributed by atoms with E-state index in [9.17, 15) is 27.6 Å². The van der Waals surface area contributed by atoms with Gasteiger partial charge in [-0.1, -0.05) is 24.3 Å². The zero-order valence-corrected chi connectivity index (χ0v) is 32.8. The fourth-order valence-electron chi connectivity index (χ4n) is 6.49. The molecule has 0 saturated carbocycles. The second-order valence-corrected chi connectivity index (χ2v) is 15.8. The highest BCUT2D eigenvalue weighted by Gasteiger charge is 2.34. The number of fused-ring (bicyclic) bond motifs is 14. The molecule has 2 aromatic rings. The highest BCUT2D eigenvalue weighted by molar-refractivity contribution is 7.90. The van der Waals surface area contributed by atoms with Crippen LogP contribution in [0, 0.1) is 20.8 Å². The van der Waals surface area contributed by atoms with Crippen LogP contribution in [0.5, 0.6) is 11.5 Å². The van der Waals surface area contributed by atoms with Crippen LogP contribution >= 0.6 is 0 Å². The number of ether oxygens (including phenoxy) is 3. The standard InChI is InChI=1S/C38H52N6O9S/c1-22-23(2)33(24(3)28-17-18-38(5,6)53-32(22)28)54(49,50)44-37(39)40-19-10-12-29-34(46)43-30(36(48)51-7)11-8-9-20-52-27-15-13-26(14-16-27)21-31(35(47)42-29)41-25(4)45/h8-9,13-16,29-31H,10-12,17-21H2,1-7H3,(H,41,45)(H,42,47)(H,43,46)(H3,39,40,44)/t29-,30-,31-/m0/s1. The molecule has 2 aromatic carbocycles. The summed E-state index contributed by atoms with van der Waals surface area (Å²) < 4.78 is 46.6. The SMILES string of the molecule is COC(=O)[C@@H]1CC=CCOc2ccc(cc2)C[C@H](NC(C)=O)C(=O)N[C@@H](CCCN=C(N)NS(=O)(=O)c2c(C)c(C)c3c(c2C)CCC(C)(C)O3)C(=O)N1. The molecule has 0 spiro atoms. The van der Waals surface area contributed by atoms with Crippen molar-refractivity contribution in [1.29, 1.82) is 0 Å². The molecule has 5 rings (SSSR count). The zero-order chi connectivity index (χ0) is 39.8. The Labute approximate surface area is 316 Å². The molecule has 15 nitrogen and oxygen atoms in total. The summed E-state index contributed by atoms with van der Waals surface area (Å²) in [5.74, 6) is -1.48. The van der Waals surface area contributed by atoms with Crippen LogP contribution in [0.1, 0.15) is 74.3 Å². The maximum absolute atomic E-state index is 13.7. The Bertz CT molecular complexity index is 1910. The molecule has 0 unspecified atom stereocenters. The van der Waals surface area contributed by atoms with Crippen molar-refractivity contribution in [1.82, 2.24) is 20.7 Å². The highest BCUT2D eigenvalue weighted by atomic mass is 32.2. The van der Waals surface area contributed by atoms with Gasteiger partial charge in [0, 0.05) is 19.9 Å². The number of carbonyl (C=O) groups is 4. The molecule has 0 fully saturated rings. The third kappa shape index (κ3) is 10.7. The smallest absolute Gasteiger partial charge is 0.328 e. The Morgan fingerprint density at radius 3 is 2.41 bits per heavy atom. The molecule has 0 saturated heterocycles. The summed E-state index contributed by atoms with van der Waals surface area (Å²) >= 11 is 0. The van der Waals surface area contributed by atoms with Crippen LogP contribution in [0.25, 0.3) is 0 Å². The van der Waals surface area contributed by atoms with Crippen LogP contribution in [-0.2, 0) is 46.8 Å². The molecule has 3 aliphatic heterocycles. The first-order chi connectivity index (χ1) is 25.4.